The van der Waals surface area contributed by atoms with E-state index in [0.29, 0.717) is 29.9 Å². The van der Waals surface area contributed by atoms with Crippen LogP contribution in [0.4, 0.5) is 0 Å². The third-order valence-electron chi connectivity index (χ3n) is 3.63. The van der Waals surface area contributed by atoms with Crippen molar-refractivity contribution >= 4 is 23.9 Å². The van der Waals surface area contributed by atoms with E-state index in [9.17, 15) is 4.79 Å². The number of nitrogens with one attached hydrogen (secondary N) is 1. The number of nitrogens with zero attached hydrogens (tertiary/aromatic N) is 3. The quantitative estimate of drug-likeness (QED) is 0.210. The van der Waals surface area contributed by atoms with Gasteiger partial charge in [-0.1, -0.05) is 24.4 Å². The molecule has 8 heteroatoms. The van der Waals surface area contributed by atoms with Crippen molar-refractivity contribution in [3.05, 3.63) is 53.9 Å². The Morgan fingerprint density at radius 3 is 2.62 bits per heavy atom. The molecule has 0 radical (unpaired) electrons. The van der Waals surface area contributed by atoms with Gasteiger partial charge in [0.15, 0.2) is 16.7 Å². The monoisotopic (exact) mass is 414 g/mol. The molecule has 29 heavy (non-hydrogen) atoms. The molecule has 154 valence electrons. The van der Waals surface area contributed by atoms with Gasteiger partial charge < -0.3 is 9.47 Å². The minimum atomic E-state index is -0.387. The molecule has 2 rings (SSSR count). The lowest BCUT2D eigenvalue weighted by molar-refractivity contribution is -0.120. The number of rotatable bonds is 10. The van der Waals surface area contributed by atoms with E-state index in [1.54, 1.807) is 31.3 Å². The SMILES string of the molecule is C=CCOc1ccc(/C=N\NC(=O)[C@H](C)Sc2nc(C)cc(C)n2)cc1OCC. The normalized spacial score (nSPS) is 11.9. The van der Waals surface area contributed by atoms with Crippen LogP contribution in [0.2, 0.25) is 0 Å². The second kappa shape index (κ2) is 11.2. The molecule has 1 heterocycles. The van der Waals surface area contributed by atoms with E-state index in [-0.39, 0.29) is 11.2 Å². The fraction of sp³-hybridized carbons (Fsp3) is 0.333. The molecule has 0 unspecified atom stereocenters. The highest BCUT2D eigenvalue weighted by molar-refractivity contribution is 8.00. The molecule has 7 nitrogen and oxygen atoms in total. The first-order valence-corrected chi connectivity index (χ1v) is 10.1. The zero-order chi connectivity index (χ0) is 21.2. The topological polar surface area (TPSA) is 85.7 Å². The van der Waals surface area contributed by atoms with E-state index in [1.165, 1.54) is 11.8 Å². The van der Waals surface area contributed by atoms with Crippen LogP contribution in [0.25, 0.3) is 0 Å². The van der Waals surface area contributed by atoms with Crippen LogP contribution < -0.4 is 14.9 Å². The van der Waals surface area contributed by atoms with Gasteiger partial charge in [0.05, 0.1) is 18.1 Å². The summed E-state index contributed by atoms with van der Waals surface area (Å²) in [7, 11) is 0. The van der Waals surface area contributed by atoms with Crippen LogP contribution in [0, 0.1) is 13.8 Å². The predicted molar refractivity (Wildman–Crippen MR) is 116 cm³/mol. The minimum Gasteiger partial charge on any atom is -0.490 e. The maximum absolute atomic E-state index is 12.3. The van der Waals surface area contributed by atoms with Crippen molar-refractivity contribution in [3.63, 3.8) is 0 Å². The Bertz CT molecular complexity index is 866. The summed E-state index contributed by atoms with van der Waals surface area (Å²) in [6.45, 7) is 12.0. The van der Waals surface area contributed by atoms with E-state index in [4.69, 9.17) is 9.47 Å². The van der Waals surface area contributed by atoms with Crippen LogP contribution in [-0.4, -0.2) is 40.6 Å². The number of carbonyl (C=O) groups is 1. The first-order chi connectivity index (χ1) is 13.9. The third-order valence-corrected chi connectivity index (χ3v) is 4.59. The van der Waals surface area contributed by atoms with Gasteiger partial charge in [0.25, 0.3) is 5.91 Å². The third kappa shape index (κ3) is 7.23. The van der Waals surface area contributed by atoms with Gasteiger partial charge in [0, 0.05) is 11.4 Å². The van der Waals surface area contributed by atoms with Crippen LogP contribution in [-0.2, 0) is 4.79 Å². The zero-order valence-corrected chi connectivity index (χ0v) is 18.0. The minimum absolute atomic E-state index is 0.232. The van der Waals surface area contributed by atoms with Crippen molar-refractivity contribution in [2.24, 2.45) is 5.10 Å². The number of aromatic nitrogens is 2. The number of hydrogen-bond acceptors (Lipinski definition) is 7. The van der Waals surface area contributed by atoms with E-state index >= 15 is 0 Å². The van der Waals surface area contributed by atoms with Gasteiger partial charge in [0.1, 0.15) is 6.61 Å². The summed E-state index contributed by atoms with van der Waals surface area (Å²) in [5.74, 6) is 1.01. The van der Waals surface area contributed by atoms with Crippen LogP contribution in [0.5, 0.6) is 11.5 Å². The van der Waals surface area contributed by atoms with Crippen molar-refractivity contribution in [1.29, 1.82) is 0 Å². The highest BCUT2D eigenvalue weighted by Crippen LogP contribution is 2.28. The van der Waals surface area contributed by atoms with Crippen molar-refractivity contribution in [3.8, 4) is 11.5 Å². The number of aryl methyl sites for hydroxylation is 2. The van der Waals surface area contributed by atoms with Crippen LogP contribution in [0.15, 0.2) is 47.2 Å². The number of ether oxygens (including phenoxy) is 2. The average Bonchev–Trinajstić information content (AvgIpc) is 2.66. The lowest BCUT2D eigenvalue weighted by Gasteiger charge is -2.11. The Morgan fingerprint density at radius 2 is 1.97 bits per heavy atom. The van der Waals surface area contributed by atoms with Gasteiger partial charge >= 0.3 is 0 Å². The molecule has 0 aliphatic carbocycles. The molecule has 0 bridgehead atoms. The number of carbonyl (C=O) groups excluding carboxylic acids is 1. The van der Waals surface area contributed by atoms with Gasteiger partial charge in [-0.3, -0.25) is 4.79 Å². The summed E-state index contributed by atoms with van der Waals surface area (Å²) in [4.78, 5) is 21.0. The maximum atomic E-state index is 12.3. The van der Waals surface area contributed by atoms with Crippen molar-refractivity contribution in [1.82, 2.24) is 15.4 Å². The van der Waals surface area contributed by atoms with E-state index < -0.39 is 0 Å². The Kier molecular flexibility index (Phi) is 8.67. The van der Waals surface area contributed by atoms with Crippen molar-refractivity contribution < 1.29 is 14.3 Å². The van der Waals surface area contributed by atoms with E-state index in [2.05, 4.69) is 27.1 Å². The first-order valence-electron chi connectivity index (χ1n) is 9.25. The molecule has 1 aromatic heterocycles. The highest BCUT2D eigenvalue weighted by Gasteiger charge is 2.16. The van der Waals surface area contributed by atoms with Gasteiger partial charge in [-0.2, -0.15) is 5.10 Å². The van der Waals surface area contributed by atoms with Crippen LogP contribution >= 0.6 is 11.8 Å². The largest absolute Gasteiger partial charge is 0.490 e. The summed E-state index contributed by atoms with van der Waals surface area (Å²) in [5, 5.41) is 4.23. The number of hydrazone groups is 1. The first kappa shape index (κ1) is 22.4. The van der Waals surface area contributed by atoms with Crippen molar-refractivity contribution in [2.75, 3.05) is 13.2 Å². The molecule has 0 aliphatic rings. The van der Waals surface area contributed by atoms with Gasteiger partial charge in [0.2, 0.25) is 0 Å². The molecule has 0 saturated carbocycles. The molecule has 1 amide bonds. The maximum Gasteiger partial charge on any atom is 0.253 e. The zero-order valence-electron chi connectivity index (χ0n) is 17.1. The fourth-order valence-corrected chi connectivity index (χ4v) is 3.23. The molecule has 1 N–H and O–H groups in total. The Morgan fingerprint density at radius 1 is 1.24 bits per heavy atom. The Labute approximate surface area is 175 Å². The molecule has 0 aliphatic heterocycles. The lowest BCUT2D eigenvalue weighted by atomic mass is 10.2. The molecule has 0 spiro atoms. The molecular formula is C21H26N4O3S. The summed E-state index contributed by atoms with van der Waals surface area (Å²) in [6.07, 6.45) is 3.23. The van der Waals surface area contributed by atoms with Gasteiger partial charge in [-0.05, 0) is 57.5 Å². The molecule has 1 atom stereocenters. The summed E-state index contributed by atoms with van der Waals surface area (Å²) < 4.78 is 11.2. The average molecular weight is 415 g/mol. The predicted octanol–water partition coefficient (Wildman–Crippen LogP) is 3.69. The second-order valence-corrected chi connectivity index (χ2v) is 7.47. The Hall–Kier alpha value is -2.87. The van der Waals surface area contributed by atoms with E-state index in [1.807, 2.05) is 32.9 Å². The van der Waals surface area contributed by atoms with Crippen LogP contribution in [0.1, 0.15) is 30.8 Å². The number of amides is 1. The number of benzene rings is 1. The summed E-state index contributed by atoms with van der Waals surface area (Å²) in [5.41, 5.74) is 5.07. The second-order valence-electron chi connectivity index (χ2n) is 6.17. The molecule has 1 aromatic carbocycles. The van der Waals surface area contributed by atoms with Gasteiger partial charge in [-0.25, -0.2) is 15.4 Å². The number of thioether (sulfide) groups is 1. The summed E-state index contributed by atoms with van der Waals surface area (Å²) >= 11 is 1.29. The molecule has 2 aromatic rings. The standard InChI is InChI=1S/C21H26N4O3S/c1-6-10-28-18-9-8-17(12-19(18)27-7-2)13-22-25-20(26)16(5)29-21-23-14(3)11-15(4)24-21/h6,8-9,11-13,16H,1,7,10H2,2-5H3,(H,25,26)/b22-13-/t16-/m0/s1. The number of hydrogen-bond donors (Lipinski definition) is 1. The van der Waals surface area contributed by atoms with Crippen LogP contribution in [0.3, 0.4) is 0 Å². The van der Waals surface area contributed by atoms with Crippen molar-refractivity contribution in [2.45, 2.75) is 38.1 Å². The highest BCUT2D eigenvalue weighted by atomic mass is 32.2. The fourth-order valence-electron chi connectivity index (χ4n) is 2.36. The lowest BCUT2D eigenvalue weighted by Crippen LogP contribution is -2.27. The van der Waals surface area contributed by atoms with Gasteiger partial charge in [-0.15, -0.1) is 0 Å². The molecule has 0 fully saturated rings. The van der Waals surface area contributed by atoms with E-state index in [0.717, 1.165) is 17.0 Å². The molecule has 0 saturated heterocycles. The Balaban J connectivity index is 1.97. The smallest absolute Gasteiger partial charge is 0.253 e. The summed E-state index contributed by atoms with van der Waals surface area (Å²) in [6, 6.07) is 7.33. The molecular weight excluding hydrogens is 388 g/mol.